The predicted molar refractivity (Wildman–Crippen MR) is 99.9 cm³/mol. The molecule has 0 atom stereocenters. The summed E-state index contributed by atoms with van der Waals surface area (Å²) in [5.74, 6) is -0.0361. The number of benzene rings is 2. The lowest BCUT2D eigenvalue weighted by Gasteiger charge is -2.12. The van der Waals surface area contributed by atoms with Crippen LogP contribution < -0.4 is 10.6 Å². The number of nitrogens with zero attached hydrogens (tertiary/aromatic N) is 1. The van der Waals surface area contributed by atoms with E-state index >= 15 is 0 Å². The van der Waals surface area contributed by atoms with Gasteiger partial charge in [-0.2, -0.15) is 13.2 Å². The van der Waals surface area contributed by atoms with Crippen LogP contribution in [0.3, 0.4) is 0 Å². The molecule has 5 nitrogen and oxygen atoms in total. The molecular formula is C20H16F3N3O2. The van der Waals surface area contributed by atoms with Crippen LogP contribution in [0.15, 0.2) is 60.8 Å². The monoisotopic (exact) mass is 387 g/mol. The van der Waals surface area contributed by atoms with Gasteiger partial charge in [0.15, 0.2) is 0 Å². The highest BCUT2D eigenvalue weighted by Gasteiger charge is 2.30. The SMILES string of the molecule is Cn1ccc(NC(=O)c2ccccc2-c2ccc(C(F)(F)F)cc2)c1NC=O. The maximum absolute atomic E-state index is 12.8. The Bertz CT molecular complexity index is 1010. The van der Waals surface area contributed by atoms with E-state index in [2.05, 4.69) is 10.6 Å². The Morgan fingerprint density at radius 3 is 2.36 bits per heavy atom. The number of amides is 2. The number of carbonyl (C=O) groups excluding carboxylic acids is 2. The molecule has 0 fully saturated rings. The van der Waals surface area contributed by atoms with E-state index in [9.17, 15) is 22.8 Å². The molecule has 2 N–H and O–H groups in total. The van der Waals surface area contributed by atoms with Crippen LogP contribution in [0.25, 0.3) is 11.1 Å². The summed E-state index contributed by atoms with van der Waals surface area (Å²) in [6, 6.07) is 12.9. The van der Waals surface area contributed by atoms with Gasteiger partial charge in [0, 0.05) is 18.8 Å². The van der Waals surface area contributed by atoms with Crippen molar-refractivity contribution in [1.82, 2.24) is 4.57 Å². The van der Waals surface area contributed by atoms with Crippen LogP contribution >= 0.6 is 0 Å². The second-order valence-corrected chi connectivity index (χ2v) is 6.03. The lowest BCUT2D eigenvalue weighted by Crippen LogP contribution is -2.14. The van der Waals surface area contributed by atoms with Crippen LogP contribution in [-0.4, -0.2) is 16.9 Å². The van der Waals surface area contributed by atoms with Gasteiger partial charge in [-0.3, -0.25) is 9.59 Å². The molecule has 3 rings (SSSR count). The summed E-state index contributed by atoms with van der Waals surface area (Å²) in [7, 11) is 1.71. The minimum atomic E-state index is -4.43. The Kier molecular flexibility index (Phi) is 5.21. The number of aromatic nitrogens is 1. The number of anilines is 2. The number of aryl methyl sites for hydroxylation is 1. The molecule has 0 saturated carbocycles. The predicted octanol–water partition coefficient (Wildman–Crippen LogP) is 4.53. The van der Waals surface area contributed by atoms with Crippen molar-refractivity contribution in [3.05, 3.63) is 71.9 Å². The van der Waals surface area contributed by atoms with Crippen LogP contribution in [0, 0.1) is 0 Å². The summed E-state index contributed by atoms with van der Waals surface area (Å²) >= 11 is 0. The van der Waals surface area contributed by atoms with Crippen LogP contribution in [-0.2, 0) is 18.0 Å². The fourth-order valence-electron chi connectivity index (χ4n) is 2.83. The van der Waals surface area contributed by atoms with Crippen LogP contribution in [0.2, 0.25) is 0 Å². The average Bonchev–Trinajstić information content (AvgIpc) is 3.01. The van der Waals surface area contributed by atoms with Gasteiger partial charge in [-0.15, -0.1) is 0 Å². The molecule has 2 amide bonds. The van der Waals surface area contributed by atoms with Gasteiger partial charge in [-0.25, -0.2) is 0 Å². The van der Waals surface area contributed by atoms with E-state index in [1.807, 2.05) is 0 Å². The molecule has 1 aromatic heterocycles. The van der Waals surface area contributed by atoms with E-state index in [0.29, 0.717) is 34.6 Å². The highest BCUT2D eigenvalue weighted by atomic mass is 19.4. The van der Waals surface area contributed by atoms with Crippen LogP contribution in [0.4, 0.5) is 24.7 Å². The normalized spacial score (nSPS) is 11.1. The zero-order valence-electron chi connectivity index (χ0n) is 14.7. The van der Waals surface area contributed by atoms with Gasteiger partial charge in [-0.1, -0.05) is 30.3 Å². The highest BCUT2D eigenvalue weighted by Crippen LogP contribution is 2.32. The van der Waals surface area contributed by atoms with Crippen LogP contribution in [0.1, 0.15) is 15.9 Å². The molecule has 0 aliphatic rings. The van der Waals surface area contributed by atoms with E-state index in [1.165, 1.54) is 12.1 Å². The largest absolute Gasteiger partial charge is 0.416 e. The first kappa shape index (κ1) is 19.2. The number of halogens is 3. The Morgan fingerprint density at radius 2 is 1.71 bits per heavy atom. The molecule has 3 aromatic rings. The number of rotatable bonds is 5. The molecule has 8 heteroatoms. The van der Waals surface area contributed by atoms with Gasteiger partial charge in [0.1, 0.15) is 5.82 Å². The van der Waals surface area contributed by atoms with E-state index in [0.717, 1.165) is 12.1 Å². The maximum Gasteiger partial charge on any atom is 0.416 e. The molecule has 0 radical (unpaired) electrons. The molecule has 0 aliphatic carbocycles. The molecule has 2 aromatic carbocycles. The average molecular weight is 387 g/mol. The van der Waals surface area contributed by atoms with E-state index in [4.69, 9.17) is 0 Å². The topological polar surface area (TPSA) is 63.1 Å². The second kappa shape index (κ2) is 7.59. The third-order valence-corrected chi connectivity index (χ3v) is 4.21. The van der Waals surface area contributed by atoms with Crippen molar-refractivity contribution in [3.63, 3.8) is 0 Å². The first-order valence-corrected chi connectivity index (χ1v) is 8.25. The lowest BCUT2D eigenvalue weighted by atomic mass is 9.98. The molecule has 28 heavy (non-hydrogen) atoms. The highest BCUT2D eigenvalue weighted by molar-refractivity contribution is 6.10. The van der Waals surface area contributed by atoms with Crippen LogP contribution in [0.5, 0.6) is 0 Å². The third kappa shape index (κ3) is 3.90. The van der Waals surface area contributed by atoms with Gasteiger partial charge >= 0.3 is 6.18 Å². The summed E-state index contributed by atoms with van der Waals surface area (Å²) < 4.78 is 40.0. The minimum absolute atomic E-state index is 0.295. The Labute approximate surface area is 158 Å². The van der Waals surface area contributed by atoms with E-state index in [1.54, 1.807) is 48.1 Å². The number of hydrogen-bond donors (Lipinski definition) is 2. The Morgan fingerprint density at radius 1 is 1.04 bits per heavy atom. The number of carbonyl (C=O) groups is 2. The van der Waals surface area contributed by atoms with Gasteiger partial charge in [0.2, 0.25) is 6.41 Å². The molecule has 0 unspecified atom stereocenters. The molecule has 0 spiro atoms. The van der Waals surface area contributed by atoms with Crippen molar-refractivity contribution in [2.75, 3.05) is 10.6 Å². The Hall–Kier alpha value is -3.55. The summed E-state index contributed by atoms with van der Waals surface area (Å²) in [5, 5.41) is 5.23. The van der Waals surface area contributed by atoms with Gasteiger partial charge in [0.05, 0.1) is 11.3 Å². The van der Waals surface area contributed by atoms with E-state index < -0.39 is 17.6 Å². The zero-order valence-corrected chi connectivity index (χ0v) is 14.7. The van der Waals surface area contributed by atoms with Crippen molar-refractivity contribution in [1.29, 1.82) is 0 Å². The summed E-state index contributed by atoms with van der Waals surface area (Å²) in [6.45, 7) is 0. The molecule has 0 aliphatic heterocycles. The van der Waals surface area contributed by atoms with E-state index in [-0.39, 0.29) is 0 Å². The number of nitrogens with one attached hydrogen (secondary N) is 2. The van der Waals surface area contributed by atoms with Gasteiger partial charge < -0.3 is 15.2 Å². The van der Waals surface area contributed by atoms with Crippen molar-refractivity contribution in [3.8, 4) is 11.1 Å². The standard InChI is InChI=1S/C20H16F3N3O2/c1-26-11-10-17(18(26)24-12-27)25-19(28)16-5-3-2-4-15(16)13-6-8-14(9-7-13)20(21,22)23/h2-12H,1H3,(H,24,27)(H,25,28). The zero-order chi connectivity index (χ0) is 20.3. The smallest absolute Gasteiger partial charge is 0.336 e. The summed E-state index contributed by atoms with van der Waals surface area (Å²) in [4.78, 5) is 23.5. The minimum Gasteiger partial charge on any atom is -0.336 e. The number of hydrogen-bond acceptors (Lipinski definition) is 2. The lowest BCUT2D eigenvalue weighted by molar-refractivity contribution is -0.137. The molecule has 0 bridgehead atoms. The van der Waals surface area contributed by atoms with Gasteiger partial charge in [0.25, 0.3) is 5.91 Å². The molecule has 0 saturated heterocycles. The van der Waals surface area contributed by atoms with Crippen molar-refractivity contribution >= 4 is 23.8 Å². The summed E-state index contributed by atoms with van der Waals surface area (Å²) in [5.41, 5.74) is 0.921. The molecular weight excluding hydrogens is 371 g/mol. The fraction of sp³-hybridized carbons (Fsp3) is 0.100. The first-order valence-electron chi connectivity index (χ1n) is 8.25. The Balaban J connectivity index is 1.92. The third-order valence-electron chi connectivity index (χ3n) is 4.21. The van der Waals surface area contributed by atoms with Crippen molar-refractivity contribution < 1.29 is 22.8 Å². The molecule has 144 valence electrons. The molecule has 1 heterocycles. The van der Waals surface area contributed by atoms with Gasteiger partial charge in [-0.05, 0) is 35.4 Å². The first-order chi connectivity index (χ1) is 13.3. The second-order valence-electron chi connectivity index (χ2n) is 6.03. The summed E-state index contributed by atoms with van der Waals surface area (Å²) in [6.07, 6.45) is -2.25. The quantitative estimate of drug-likeness (QED) is 0.632. The number of alkyl halides is 3. The fourth-order valence-corrected chi connectivity index (χ4v) is 2.83. The van der Waals surface area contributed by atoms with Crippen molar-refractivity contribution in [2.45, 2.75) is 6.18 Å². The van der Waals surface area contributed by atoms with Crippen molar-refractivity contribution in [2.24, 2.45) is 7.05 Å². The maximum atomic E-state index is 12.8.